The number of oxazole rings is 1. The summed E-state index contributed by atoms with van der Waals surface area (Å²) in [5.74, 6) is 0.495. The summed E-state index contributed by atoms with van der Waals surface area (Å²) in [5, 5.41) is 0. The van der Waals surface area contributed by atoms with Crippen LogP contribution >= 0.6 is 0 Å². The molecule has 1 aliphatic carbocycles. The molecule has 1 heterocycles. The van der Waals surface area contributed by atoms with Crippen LogP contribution in [0, 0.1) is 0 Å². The standard InChI is InChI=1S/C11H13FN2O/c12-9-3-1-8(2-4-9)11-14-10(5-6-13)7-15-11/h1,3,7H,2,4-6,13H2. The van der Waals surface area contributed by atoms with Crippen molar-refractivity contribution in [3.63, 3.8) is 0 Å². The van der Waals surface area contributed by atoms with Crippen LogP contribution in [0.25, 0.3) is 5.57 Å². The highest BCUT2D eigenvalue weighted by Gasteiger charge is 2.12. The van der Waals surface area contributed by atoms with Gasteiger partial charge in [-0.25, -0.2) is 9.37 Å². The minimum absolute atomic E-state index is 0.0903. The lowest BCUT2D eigenvalue weighted by Gasteiger charge is -2.05. The number of nitrogens with zero attached hydrogens (tertiary/aromatic N) is 1. The Morgan fingerprint density at radius 1 is 1.40 bits per heavy atom. The first-order valence-corrected chi connectivity index (χ1v) is 4.99. The van der Waals surface area contributed by atoms with Gasteiger partial charge in [-0.3, -0.25) is 0 Å². The van der Waals surface area contributed by atoms with Crippen LogP contribution in [-0.4, -0.2) is 11.5 Å². The number of nitrogens with two attached hydrogens (primary N) is 1. The van der Waals surface area contributed by atoms with E-state index in [-0.39, 0.29) is 5.83 Å². The van der Waals surface area contributed by atoms with E-state index in [9.17, 15) is 4.39 Å². The summed E-state index contributed by atoms with van der Waals surface area (Å²) in [6, 6.07) is 0. The SMILES string of the molecule is NCCc1coc(C2=CC=C(F)CC2)n1. The Balaban J connectivity index is 2.16. The minimum Gasteiger partial charge on any atom is -0.445 e. The van der Waals surface area contributed by atoms with Crippen LogP contribution in [0.4, 0.5) is 4.39 Å². The number of hydrogen-bond acceptors (Lipinski definition) is 3. The Hall–Kier alpha value is -1.42. The maximum atomic E-state index is 12.7. The van der Waals surface area contributed by atoms with Crippen molar-refractivity contribution in [3.8, 4) is 0 Å². The Labute approximate surface area is 87.5 Å². The van der Waals surface area contributed by atoms with Gasteiger partial charge in [-0.1, -0.05) is 6.08 Å². The fourth-order valence-corrected chi connectivity index (χ4v) is 1.51. The first-order chi connectivity index (χ1) is 7.29. The average molecular weight is 208 g/mol. The number of hydrogen-bond donors (Lipinski definition) is 1. The predicted molar refractivity (Wildman–Crippen MR) is 55.7 cm³/mol. The van der Waals surface area contributed by atoms with Crippen molar-refractivity contribution in [1.29, 1.82) is 0 Å². The van der Waals surface area contributed by atoms with E-state index in [1.165, 1.54) is 6.08 Å². The third-order valence-electron chi connectivity index (χ3n) is 2.33. The van der Waals surface area contributed by atoms with E-state index < -0.39 is 0 Å². The summed E-state index contributed by atoms with van der Waals surface area (Å²) in [6.07, 6.45) is 6.58. The van der Waals surface area contributed by atoms with Crippen LogP contribution in [0.2, 0.25) is 0 Å². The summed E-state index contributed by atoms with van der Waals surface area (Å²) in [7, 11) is 0. The van der Waals surface area contributed by atoms with Gasteiger partial charge >= 0.3 is 0 Å². The maximum Gasteiger partial charge on any atom is 0.222 e. The average Bonchev–Trinajstić information content (AvgIpc) is 2.68. The lowest BCUT2D eigenvalue weighted by Crippen LogP contribution is -2.02. The van der Waals surface area contributed by atoms with Crippen molar-refractivity contribution < 1.29 is 8.81 Å². The molecular formula is C11H13FN2O. The molecule has 0 fully saturated rings. The third-order valence-corrected chi connectivity index (χ3v) is 2.33. The molecule has 2 N–H and O–H groups in total. The van der Waals surface area contributed by atoms with Crippen molar-refractivity contribution in [1.82, 2.24) is 4.98 Å². The molecule has 1 aliphatic rings. The summed E-state index contributed by atoms with van der Waals surface area (Å²) in [5.41, 5.74) is 7.21. The topological polar surface area (TPSA) is 52.0 Å². The van der Waals surface area contributed by atoms with E-state index in [0.717, 1.165) is 11.3 Å². The first kappa shape index (κ1) is 10.1. The van der Waals surface area contributed by atoms with E-state index in [1.807, 2.05) is 0 Å². The van der Waals surface area contributed by atoms with Gasteiger partial charge in [0.25, 0.3) is 0 Å². The Morgan fingerprint density at radius 3 is 2.93 bits per heavy atom. The molecule has 0 saturated heterocycles. The molecule has 0 aliphatic heterocycles. The van der Waals surface area contributed by atoms with Gasteiger partial charge in [0, 0.05) is 18.4 Å². The van der Waals surface area contributed by atoms with Gasteiger partial charge in [0.15, 0.2) is 0 Å². The monoisotopic (exact) mass is 208 g/mol. The fraction of sp³-hybridized carbons (Fsp3) is 0.364. The largest absolute Gasteiger partial charge is 0.445 e. The van der Waals surface area contributed by atoms with Crippen LogP contribution in [-0.2, 0) is 6.42 Å². The molecule has 1 aromatic rings. The second kappa shape index (κ2) is 4.40. The quantitative estimate of drug-likeness (QED) is 0.828. The van der Waals surface area contributed by atoms with Gasteiger partial charge in [0.05, 0.1) is 5.69 Å². The van der Waals surface area contributed by atoms with E-state index in [0.29, 0.717) is 31.7 Å². The van der Waals surface area contributed by atoms with E-state index in [2.05, 4.69) is 4.98 Å². The third kappa shape index (κ3) is 2.33. The Kier molecular flexibility index (Phi) is 2.97. The number of aromatic nitrogens is 1. The molecule has 0 atom stereocenters. The van der Waals surface area contributed by atoms with Crippen molar-refractivity contribution in [2.24, 2.45) is 5.73 Å². The number of allylic oxidation sites excluding steroid dienone is 4. The summed E-state index contributed by atoms with van der Waals surface area (Å²) < 4.78 is 18.1. The molecule has 3 nitrogen and oxygen atoms in total. The number of rotatable bonds is 3. The van der Waals surface area contributed by atoms with Gasteiger partial charge in [0.1, 0.15) is 12.1 Å². The lowest BCUT2D eigenvalue weighted by molar-refractivity contribution is 0.532. The number of halogens is 1. The first-order valence-electron chi connectivity index (χ1n) is 4.99. The molecule has 0 bridgehead atoms. The molecule has 0 unspecified atom stereocenters. The van der Waals surface area contributed by atoms with Crippen LogP contribution in [0.1, 0.15) is 24.4 Å². The van der Waals surface area contributed by atoms with Gasteiger partial charge in [-0.15, -0.1) is 0 Å². The van der Waals surface area contributed by atoms with E-state index >= 15 is 0 Å². The van der Waals surface area contributed by atoms with Crippen LogP contribution in [0.3, 0.4) is 0 Å². The second-order valence-electron chi connectivity index (χ2n) is 3.49. The molecule has 0 aromatic carbocycles. The zero-order chi connectivity index (χ0) is 10.7. The highest BCUT2D eigenvalue weighted by molar-refractivity contribution is 5.62. The fourth-order valence-electron chi connectivity index (χ4n) is 1.51. The van der Waals surface area contributed by atoms with E-state index in [4.69, 9.17) is 10.2 Å². The lowest BCUT2D eigenvalue weighted by atomic mass is 10.0. The molecule has 4 heteroatoms. The summed E-state index contributed by atoms with van der Waals surface area (Å²) in [4.78, 5) is 4.28. The molecule has 2 rings (SSSR count). The second-order valence-corrected chi connectivity index (χ2v) is 3.49. The van der Waals surface area contributed by atoms with Crippen molar-refractivity contribution in [2.45, 2.75) is 19.3 Å². The van der Waals surface area contributed by atoms with Crippen LogP contribution in [0.15, 0.2) is 28.7 Å². The Morgan fingerprint density at radius 2 is 2.27 bits per heavy atom. The molecule has 80 valence electrons. The summed E-state index contributed by atoms with van der Waals surface area (Å²) in [6.45, 7) is 0.555. The van der Waals surface area contributed by atoms with Crippen molar-refractivity contribution in [2.75, 3.05) is 6.54 Å². The molecule has 0 radical (unpaired) electrons. The molecule has 0 spiro atoms. The normalized spacial score (nSPS) is 16.1. The Bertz CT molecular complexity index is 406. The zero-order valence-corrected chi connectivity index (χ0v) is 8.37. The van der Waals surface area contributed by atoms with Crippen molar-refractivity contribution >= 4 is 5.57 Å². The highest BCUT2D eigenvalue weighted by atomic mass is 19.1. The van der Waals surface area contributed by atoms with Gasteiger partial charge in [-0.2, -0.15) is 0 Å². The van der Waals surface area contributed by atoms with Crippen molar-refractivity contribution in [3.05, 3.63) is 35.8 Å². The summed E-state index contributed by atoms with van der Waals surface area (Å²) >= 11 is 0. The smallest absolute Gasteiger partial charge is 0.222 e. The van der Waals surface area contributed by atoms with Crippen LogP contribution < -0.4 is 5.73 Å². The van der Waals surface area contributed by atoms with Gasteiger partial charge < -0.3 is 10.2 Å². The zero-order valence-electron chi connectivity index (χ0n) is 8.37. The van der Waals surface area contributed by atoms with Gasteiger partial charge in [-0.05, 0) is 19.0 Å². The minimum atomic E-state index is -0.0903. The maximum absolute atomic E-state index is 12.7. The highest BCUT2D eigenvalue weighted by Crippen LogP contribution is 2.26. The predicted octanol–water partition coefficient (Wildman–Crippen LogP) is 2.21. The van der Waals surface area contributed by atoms with E-state index in [1.54, 1.807) is 12.3 Å². The van der Waals surface area contributed by atoms with Gasteiger partial charge in [0.2, 0.25) is 5.89 Å². The molecule has 0 saturated carbocycles. The van der Waals surface area contributed by atoms with Crippen LogP contribution in [0.5, 0.6) is 0 Å². The molecule has 0 amide bonds. The molecule has 1 aromatic heterocycles. The molecular weight excluding hydrogens is 195 g/mol. The molecule has 15 heavy (non-hydrogen) atoms.